The first-order valence-electron chi connectivity index (χ1n) is 10.9. The van der Waals surface area contributed by atoms with Crippen molar-refractivity contribution >= 4 is 23.3 Å². The van der Waals surface area contributed by atoms with Gasteiger partial charge in [0.15, 0.2) is 17.2 Å². The average Bonchev–Trinajstić information content (AvgIpc) is 3.45. The number of nitrogens with two attached hydrogens (primary N) is 1. The van der Waals surface area contributed by atoms with Crippen LogP contribution in [0.4, 0.5) is 14.6 Å². The second kappa shape index (κ2) is 8.79. The van der Waals surface area contributed by atoms with Gasteiger partial charge in [0.1, 0.15) is 11.6 Å². The summed E-state index contributed by atoms with van der Waals surface area (Å²) in [6.45, 7) is 0.141. The van der Waals surface area contributed by atoms with Gasteiger partial charge >= 0.3 is 0 Å². The van der Waals surface area contributed by atoms with E-state index in [-0.39, 0.29) is 34.7 Å². The third-order valence-corrected chi connectivity index (χ3v) is 6.58. The van der Waals surface area contributed by atoms with Gasteiger partial charge in [-0.05, 0) is 29.8 Å². The summed E-state index contributed by atoms with van der Waals surface area (Å²) in [7, 11) is 1.65. The van der Waals surface area contributed by atoms with E-state index in [0.29, 0.717) is 17.1 Å². The van der Waals surface area contributed by atoms with E-state index in [1.54, 1.807) is 25.2 Å². The predicted molar refractivity (Wildman–Crippen MR) is 129 cm³/mol. The molecule has 1 aliphatic rings. The van der Waals surface area contributed by atoms with Gasteiger partial charge in [0.25, 0.3) is 5.91 Å². The van der Waals surface area contributed by atoms with Crippen molar-refractivity contribution in [2.75, 3.05) is 11.9 Å². The van der Waals surface area contributed by atoms with Crippen LogP contribution < -0.4 is 15.8 Å². The fourth-order valence-corrected chi connectivity index (χ4v) is 4.74. The third kappa shape index (κ3) is 3.84. The highest BCUT2D eigenvalue weighted by atomic mass is 35.5. The van der Waals surface area contributed by atoms with E-state index in [1.807, 2.05) is 30.3 Å². The molecule has 0 saturated carbocycles. The fourth-order valence-electron chi connectivity index (χ4n) is 4.47. The molecule has 0 aliphatic carbocycles. The first kappa shape index (κ1) is 23.0. The van der Waals surface area contributed by atoms with Crippen molar-refractivity contribution in [3.8, 4) is 16.9 Å². The van der Waals surface area contributed by atoms with Crippen molar-refractivity contribution in [1.29, 1.82) is 0 Å². The summed E-state index contributed by atoms with van der Waals surface area (Å²) in [5.41, 5.74) is 6.52. The molecule has 0 unspecified atom stereocenters. The van der Waals surface area contributed by atoms with E-state index in [9.17, 15) is 9.18 Å². The third-order valence-electron chi connectivity index (χ3n) is 6.27. The lowest BCUT2D eigenvalue weighted by molar-refractivity contribution is 0.102. The standard InChI is InChI=1S/C26H21ClF2N4O2/c1-33-21(11-12-31-33)32-25(34)16-7-9-19(28)24(29)23(16)22-17-13-26(14-30,15-5-3-2-4-6-15)35-20(17)10-8-18(22)27/h2-12H,13-14,30H2,1H3,(H,32,34)/t26-/m1/s1. The second-order valence-corrected chi connectivity index (χ2v) is 8.73. The molecule has 35 heavy (non-hydrogen) atoms. The molecule has 1 aromatic heterocycles. The van der Waals surface area contributed by atoms with Gasteiger partial charge in [-0.2, -0.15) is 5.10 Å². The van der Waals surface area contributed by atoms with E-state index in [0.717, 1.165) is 11.6 Å². The van der Waals surface area contributed by atoms with E-state index in [4.69, 9.17) is 22.1 Å². The largest absolute Gasteiger partial charge is 0.481 e. The van der Waals surface area contributed by atoms with Crippen LogP contribution in [0.5, 0.6) is 5.75 Å². The molecule has 4 aromatic rings. The molecule has 0 saturated heterocycles. The maximum Gasteiger partial charge on any atom is 0.257 e. The number of nitrogens with one attached hydrogen (secondary N) is 1. The summed E-state index contributed by atoms with van der Waals surface area (Å²) >= 11 is 6.57. The second-order valence-electron chi connectivity index (χ2n) is 8.32. The lowest BCUT2D eigenvalue weighted by Gasteiger charge is -2.27. The van der Waals surface area contributed by atoms with Crippen LogP contribution in [0.25, 0.3) is 11.1 Å². The van der Waals surface area contributed by atoms with Gasteiger partial charge in [0.05, 0.1) is 11.8 Å². The quantitative estimate of drug-likeness (QED) is 0.406. The number of halogens is 3. The van der Waals surface area contributed by atoms with E-state index < -0.39 is 23.1 Å². The molecule has 2 heterocycles. The Bertz CT molecular complexity index is 1440. The molecular weight excluding hydrogens is 474 g/mol. The lowest BCUT2D eigenvalue weighted by atomic mass is 9.85. The summed E-state index contributed by atoms with van der Waals surface area (Å²) in [5.74, 6) is -2.08. The first-order valence-corrected chi connectivity index (χ1v) is 11.3. The smallest absolute Gasteiger partial charge is 0.257 e. The number of anilines is 1. The van der Waals surface area contributed by atoms with Crippen LogP contribution >= 0.6 is 11.6 Å². The van der Waals surface area contributed by atoms with Crippen LogP contribution in [0, 0.1) is 11.6 Å². The number of hydrogen-bond acceptors (Lipinski definition) is 4. The molecule has 9 heteroatoms. The summed E-state index contributed by atoms with van der Waals surface area (Å²) in [6.07, 6.45) is 1.77. The van der Waals surface area contributed by atoms with E-state index in [2.05, 4.69) is 10.4 Å². The highest BCUT2D eigenvalue weighted by Crippen LogP contribution is 2.49. The molecule has 1 aliphatic heterocycles. The molecule has 3 N–H and O–H groups in total. The summed E-state index contributed by atoms with van der Waals surface area (Å²) in [5, 5.41) is 6.85. The molecule has 6 nitrogen and oxygen atoms in total. The number of nitrogens with zero attached hydrogens (tertiary/aromatic N) is 2. The molecule has 0 bridgehead atoms. The Morgan fingerprint density at radius 3 is 2.60 bits per heavy atom. The molecule has 5 rings (SSSR count). The number of aromatic nitrogens is 2. The lowest BCUT2D eigenvalue weighted by Crippen LogP contribution is -2.39. The van der Waals surface area contributed by atoms with Crippen LogP contribution in [0.3, 0.4) is 0 Å². The van der Waals surface area contributed by atoms with Gasteiger partial charge in [-0.3, -0.25) is 9.48 Å². The van der Waals surface area contributed by atoms with E-state index in [1.165, 1.54) is 16.9 Å². The molecule has 1 atom stereocenters. The number of ether oxygens (including phenoxy) is 1. The molecule has 0 fully saturated rings. The topological polar surface area (TPSA) is 82.2 Å². The molecule has 3 aromatic carbocycles. The van der Waals surface area contributed by atoms with Crippen LogP contribution in [0.1, 0.15) is 21.5 Å². The van der Waals surface area contributed by atoms with Gasteiger partial charge < -0.3 is 15.8 Å². The van der Waals surface area contributed by atoms with Crippen LogP contribution in [-0.2, 0) is 19.1 Å². The van der Waals surface area contributed by atoms with Crippen molar-refractivity contribution < 1.29 is 18.3 Å². The van der Waals surface area contributed by atoms with Crippen molar-refractivity contribution in [3.63, 3.8) is 0 Å². The fraction of sp³-hybridized carbons (Fsp3) is 0.154. The van der Waals surface area contributed by atoms with Crippen LogP contribution in [0.2, 0.25) is 5.02 Å². The molecule has 0 spiro atoms. The molecule has 178 valence electrons. The van der Waals surface area contributed by atoms with Crippen molar-refractivity contribution in [1.82, 2.24) is 9.78 Å². The zero-order valence-electron chi connectivity index (χ0n) is 18.7. The Kier molecular flexibility index (Phi) is 5.78. The van der Waals surface area contributed by atoms with Gasteiger partial charge in [0.2, 0.25) is 0 Å². The average molecular weight is 495 g/mol. The van der Waals surface area contributed by atoms with Gasteiger partial charge in [-0.1, -0.05) is 41.9 Å². The Morgan fingerprint density at radius 2 is 1.91 bits per heavy atom. The number of fused-ring (bicyclic) bond motifs is 1. The monoisotopic (exact) mass is 494 g/mol. The number of amides is 1. The normalized spacial score (nSPS) is 16.6. The van der Waals surface area contributed by atoms with E-state index >= 15 is 4.39 Å². The summed E-state index contributed by atoms with van der Waals surface area (Å²) in [4.78, 5) is 13.2. The number of carbonyl (C=O) groups is 1. The first-order chi connectivity index (χ1) is 16.8. The number of rotatable bonds is 5. The van der Waals surface area contributed by atoms with Crippen molar-refractivity contribution in [2.24, 2.45) is 12.8 Å². The van der Waals surface area contributed by atoms with Crippen molar-refractivity contribution in [2.45, 2.75) is 12.0 Å². The molecule has 0 radical (unpaired) electrons. The SMILES string of the molecule is Cn1nccc1NC(=O)c1ccc(F)c(F)c1-c1c(Cl)ccc2c1C[C@@](CN)(c1ccccc1)O2. The highest BCUT2D eigenvalue weighted by molar-refractivity contribution is 6.34. The van der Waals surface area contributed by atoms with Gasteiger partial charge in [0, 0.05) is 47.8 Å². The maximum absolute atomic E-state index is 15.4. The Morgan fingerprint density at radius 1 is 1.14 bits per heavy atom. The van der Waals surface area contributed by atoms with Crippen molar-refractivity contribution in [3.05, 3.63) is 100 Å². The molecular formula is C26H21ClF2N4O2. The number of carbonyl (C=O) groups excluding carboxylic acids is 1. The summed E-state index contributed by atoms with van der Waals surface area (Å²) in [6, 6.07) is 16.4. The number of hydrogen-bond donors (Lipinski definition) is 2. The number of aryl methyl sites for hydroxylation is 1. The van der Waals surface area contributed by atoms with Crippen LogP contribution in [0.15, 0.2) is 66.9 Å². The zero-order valence-corrected chi connectivity index (χ0v) is 19.4. The van der Waals surface area contributed by atoms with Gasteiger partial charge in [-0.25, -0.2) is 8.78 Å². The predicted octanol–water partition coefficient (Wildman–Crippen LogP) is 5.06. The molecule has 1 amide bonds. The Balaban J connectivity index is 1.66. The minimum absolute atomic E-state index is 0.0784. The zero-order chi connectivity index (χ0) is 24.7. The highest BCUT2D eigenvalue weighted by Gasteiger charge is 2.42. The van der Waals surface area contributed by atoms with Gasteiger partial charge in [-0.15, -0.1) is 0 Å². The van der Waals surface area contributed by atoms with Crippen LogP contribution in [-0.4, -0.2) is 22.2 Å². The minimum atomic E-state index is -1.18. The minimum Gasteiger partial charge on any atom is -0.481 e. The Hall–Kier alpha value is -3.75. The number of benzene rings is 3. The Labute approximate surface area is 205 Å². The maximum atomic E-state index is 15.4. The summed E-state index contributed by atoms with van der Waals surface area (Å²) < 4.78 is 37.7.